The number of halogens is 2. The largest absolute Gasteiger partial charge is 0.355 e. The monoisotopic (exact) mass is 300 g/mol. The standard InChI is InChI=1S/C12H14BrFN2O/c13-9-1-3-11(14)8(5-9)6-15-10-2-4-12(17)16-7-10/h1,3,5,10,15H,2,4,6-7H2,(H,16,17). The van der Waals surface area contributed by atoms with Crippen molar-refractivity contribution in [1.82, 2.24) is 10.6 Å². The van der Waals surface area contributed by atoms with E-state index in [9.17, 15) is 9.18 Å². The van der Waals surface area contributed by atoms with E-state index in [1.807, 2.05) is 0 Å². The molecule has 0 saturated carbocycles. The summed E-state index contributed by atoms with van der Waals surface area (Å²) in [6, 6.07) is 5.12. The summed E-state index contributed by atoms with van der Waals surface area (Å²) in [4.78, 5) is 11.0. The molecule has 3 nitrogen and oxygen atoms in total. The molecule has 2 N–H and O–H groups in total. The average molecular weight is 301 g/mol. The van der Waals surface area contributed by atoms with Gasteiger partial charge in [-0.2, -0.15) is 0 Å². The molecule has 1 aromatic rings. The molecule has 5 heteroatoms. The molecule has 1 saturated heterocycles. The van der Waals surface area contributed by atoms with Crippen LogP contribution in [0.5, 0.6) is 0 Å². The molecule has 0 radical (unpaired) electrons. The molecule has 1 aromatic carbocycles. The first-order valence-electron chi connectivity index (χ1n) is 5.59. The number of benzene rings is 1. The SMILES string of the molecule is O=C1CCC(NCc2cc(Br)ccc2F)CN1. The molecule has 2 rings (SSSR count). The third kappa shape index (κ3) is 3.51. The number of carbonyl (C=O) groups is 1. The van der Waals surface area contributed by atoms with E-state index >= 15 is 0 Å². The highest BCUT2D eigenvalue weighted by Gasteiger charge is 2.17. The van der Waals surface area contributed by atoms with Crippen LogP contribution >= 0.6 is 15.9 Å². The zero-order valence-electron chi connectivity index (χ0n) is 9.30. The van der Waals surface area contributed by atoms with Gasteiger partial charge in [0.05, 0.1) is 0 Å². The molecule has 92 valence electrons. The molecule has 1 aliphatic rings. The molecule has 1 amide bonds. The highest BCUT2D eigenvalue weighted by Crippen LogP contribution is 2.15. The molecule has 0 spiro atoms. The summed E-state index contributed by atoms with van der Waals surface area (Å²) < 4.78 is 14.3. The Labute approximate surface area is 108 Å². The first kappa shape index (κ1) is 12.5. The maximum absolute atomic E-state index is 13.5. The molecule has 17 heavy (non-hydrogen) atoms. The van der Waals surface area contributed by atoms with Gasteiger partial charge in [0.15, 0.2) is 0 Å². The fourth-order valence-corrected chi connectivity index (χ4v) is 2.25. The van der Waals surface area contributed by atoms with Crippen LogP contribution < -0.4 is 10.6 Å². The Hall–Kier alpha value is -0.940. The Kier molecular flexibility index (Phi) is 4.12. The van der Waals surface area contributed by atoms with E-state index in [2.05, 4.69) is 26.6 Å². The van der Waals surface area contributed by atoms with Crippen molar-refractivity contribution in [2.24, 2.45) is 0 Å². The molecule has 1 aliphatic heterocycles. The Morgan fingerprint density at radius 3 is 3.06 bits per heavy atom. The van der Waals surface area contributed by atoms with Gasteiger partial charge >= 0.3 is 0 Å². The van der Waals surface area contributed by atoms with E-state index < -0.39 is 0 Å². The van der Waals surface area contributed by atoms with Gasteiger partial charge < -0.3 is 10.6 Å². The Balaban J connectivity index is 1.89. The van der Waals surface area contributed by atoms with Crippen LogP contribution in [0.1, 0.15) is 18.4 Å². The lowest BCUT2D eigenvalue weighted by Gasteiger charge is -2.23. The van der Waals surface area contributed by atoms with Crippen molar-refractivity contribution in [1.29, 1.82) is 0 Å². The number of nitrogens with one attached hydrogen (secondary N) is 2. The number of amides is 1. The van der Waals surface area contributed by atoms with E-state index in [4.69, 9.17) is 0 Å². The van der Waals surface area contributed by atoms with Gasteiger partial charge in [-0.25, -0.2) is 4.39 Å². The van der Waals surface area contributed by atoms with Crippen molar-refractivity contribution in [2.45, 2.75) is 25.4 Å². The third-order valence-electron chi connectivity index (χ3n) is 2.85. The summed E-state index contributed by atoms with van der Waals surface area (Å²) in [5, 5.41) is 6.04. The first-order chi connectivity index (χ1) is 8.15. The summed E-state index contributed by atoms with van der Waals surface area (Å²) in [6.07, 6.45) is 1.35. The lowest BCUT2D eigenvalue weighted by molar-refractivity contribution is -0.122. The van der Waals surface area contributed by atoms with E-state index in [0.29, 0.717) is 25.1 Å². The smallest absolute Gasteiger partial charge is 0.220 e. The minimum absolute atomic E-state index is 0.0942. The van der Waals surface area contributed by atoms with Crippen molar-refractivity contribution < 1.29 is 9.18 Å². The molecule has 0 aliphatic carbocycles. The van der Waals surface area contributed by atoms with Gasteiger partial charge in [0.2, 0.25) is 5.91 Å². The molecular formula is C12H14BrFN2O. The zero-order valence-corrected chi connectivity index (χ0v) is 10.9. The van der Waals surface area contributed by atoms with Crippen LogP contribution in [-0.2, 0) is 11.3 Å². The van der Waals surface area contributed by atoms with Gasteiger partial charge in [0.1, 0.15) is 5.82 Å². The van der Waals surface area contributed by atoms with Crippen LogP contribution in [0.2, 0.25) is 0 Å². The second-order valence-electron chi connectivity index (χ2n) is 4.16. The van der Waals surface area contributed by atoms with Crippen LogP contribution in [0.25, 0.3) is 0 Å². The lowest BCUT2D eigenvalue weighted by atomic mass is 10.1. The second kappa shape index (κ2) is 5.60. The maximum atomic E-state index is 13.5. The van der Waals surface area contributed by atoms with Crippen molar-refractivity contribution in [3.8, 4) is 0 Å². The highest BCUT2D eigenvalue weighted by molar-refractivity contribution is 9.10. The number of rotatable bonds is 3. The number of piperidine rings is 1. The van der Waals surface area contributed by atoms with Crippen molar-refractivity contribution >= 4 is 21.8 Å². The number of hydrogen-bond acceptors (Lipinski definition) is 2. The topological polar surface area (TPSA) is 41.1 Å². The summed E-state index contributed by atoms with van der Waals surface area (Å²) in [7, 11) is 0. The third-order valence-corrected chi connectivity index (χ3v) is 3.35. The van der Waals surface area contributed by atoms with E-state index in [-0.39, 0.29) is 17.8 Å². The van der Waals surface area contributed by atoms with Crippen LogP contribution in [-0.4, -0.2) is 18.5 Å². The fourth-order valence-electron chi connectivity index (χ4n) is 1.84. The van der Waals surface area contributed by atoms with Crippen LogP contribution in [0, 0.1) is 5.82 Å². The molecule has 1 fully saturated rings. The van der Waals surface area contributed by atoms with Gasteiger partial charge in [-0.1, -0.05) is 15.9 Å². The average Bonchev–Trinajstić information content (AvgIpc) is 2.32. The zero-order chi connectivity index (χ0) is 12.3. The fraction of sp³-hybridized carbons (Fsp3) is 0.417. The van der Waals surface area contributed by atoms with Crippen LogP contribution in [0.3, 0.4) is 0 Å². The number of hydrogen-bond donors (Lipinski definition) is 2. The van der Waals surface area contributed by atoms with E-state index in [1.165, 1.54) is 6.07 Å². The van der Waals surface area contributed by atoms with Gasteiger partial charge in [0.25, 0.3) is 0 Å². The molecular weight excluding hydrogens is 287 g/mol. The maximum Gasteiger partial charge on any atom is 0.220 e. The quantitative estimate of drug-likeness (QED) is 0.896. The highest BCUT2D eigenvalue weighted by atomic mass is 79.9. The summed E-state index contributed by atoms with van der Waals surface area (Å²) in [5.74, 6) is -0.114. The lowest BCUT2D eigenvalue weighted by Crippen LogP contribution is -2.45. The van der Waals surface area contributed by atoms with Crippen molar-refractivity contribution in [2.75, 3.05) is 6.54 Å². The predicted octanol–water partition coefficient (Wildman–Crippen LogP) is 1.96. The molecule has 1 heterocycles. The Morgan fingerprint density at radius 2 is 2.35 bits per heavy atom. The number of carbonyl (C=O) groups excluding carboxylic acids is 1. The molecule has 0 bridgehead atoms. The minimum atomic E-state index is -0.208. The van der Waals surface area contributed by atoms with Gasteiger partial charge in [-0.05, 0) is 24.6 Å². The van der Waals surface area contributed by atoms with E-state index in [1.54, 1.807) is 12.1 Å². The Morgan fingerprint density at radius 1 is 1.53 bits per heavy atom. The summed E-state index contributed by atoms with van der Waals surface area (Å²) >= 11 is 3.32. The normalized spacial score (nSPS) is 20.1. The molecule has 1 unspecified atom stereocenters. The molecule has 1 atom stereocenters. The van der Waals surface area contributed by atoms with Gasteiger partial charge in [-0.15, -0.1) is 0 Å². The second-order valence-corrected chi connectivity index (χ2v) is 5.07. The van der Waals surface area contributed by atoms with Crippen molar-refractivity contribution in [3.63, 3.8) is 0 Å². The van der Waals surface area contributed by atoms with Gasteiger partial charge in [0, 0.05) is 35.6 Å². The van der Waals surface area contributed by atoms with Crippen LogP contribution in [0.15, 0.2) is 22.7 Å². The summed E-state index contributed by atoms with van der Waals surface area (Å²) in [6.45, 7) is 1.10. The van der Waals surface area contributed by atoms with Crippen molar-refractivity contribution in [3.05, 3.63) is 34.1 Å². The Bertz CT molecular complexity index is 415. The minimum Gasteiger partial charge on any atom is -0.355 e. The van der Waals surface area contributed by atoms with Gasteiger partial charge in [-0.3, -0.25) is 4.79 Å². The first-order valence-corrected chi connectivity index (χ1v) is 6.38. The molecule has 0 aromatic heterocycles. The predicted molar refractivity (Wildman–Crippen MR) is 67.0 cm³/mol. The van der Waals surface area contributed by atoms with E-state index in [0.717, 1.165) is 10.9 Å². The summed E-state index contributed by atoms with van der Waals surface area (Å²) in [5.41, 5.74) is 0.635. The van der Waals surface area contributed by atoms with Crippen LogP contribution in [0.4, 0.5) is 4.39 Å².